The number of thiazole rings is 1. The number of halogens is 1. The third kappa shape index (κ3) is 6.05. The van der Waals surface area contributed by atoms with Gasteiger partial charge in [-0.25, -0.2) is 14.2 Å². The Morgan fingerprint density at radius 2 is 1.86 bits per heavy atom. The number of rotatable bonds is 7. The Morgan fingerprint density at radius 1 is 1.05 bits per heavy atom. The van der Waals surface area contributed by atoms with Crippen molar-refractivity contribution >= 4 is 69.1 Å². The Labute approximate surface area is 245 Å². The van der Waals surface area contributed by atoms with Gasteiger partial charge >= 0.3 is 6.03 Å². The number of urea groups is 1. The van der Waals surface area contributed by atoms with Gasteiger partial charge in [-0.2, -0.15) is 5.21 Å². The molecule has 1 aliphatic carbocycles. The van der Waals surface area contributed by atoms with Gasteiger partial charge < -0.3 is 0 Å². The van der Waals surface area contributed by atoms with Gasteiger partial charge in [-0.1, -0.05) is 52.2 Å². The molecule has 13 heteroatoms. The average Bonchev–Trinajstić information content (AvgIpc) is 3.66. The van der Waals surface area contributed by atoms with E-state index in [2.05, 4.69) is 42.3 Å². The summed E-state index contributed by atoms with van der Waals surface area (Å²) >= 11 is 1.09. The van der Waals surface area contributed by atoms with E-state index in [1.807, 2.05) is 24.3 Å². The Hall–Kier alpha value is -4.91. The van der Waals surface area contributed by atoms with Crippen molar-refractivity contribution in [2.24, 2.45) is 0 Å². The first kappa shape index (κ1) is 27.3. The van der Waals surface area contributed by atoms with Gasteiger partial charge in [0.15, 0.2) is 5.13 Å². The number of anilines is 3. The Balaban J connectivity index is 1.25. The lowest BCUT2D eigenvalue weighted by Gasteiger charge is -2.23. The predicted molar refractivity (Wildman–Crippen MR) is 164 cm³/mol. The molecule has 0 saturated heterocycles. The van der Waals surface area contributed by atoms with E-state index in [-0.39, 0.29) is 24.2 Å². The number of hydrogen-bond donors (Lipinski definition) is 3. The number of nitrogens with one attached hydrogen (secondary N) is 3. The Morgan fingerprint density at radius 3 is 2.57 bits per heavy atom. The third-order valence-corrected chi connectivity index (χ3v) is 8.01. The highest BCUT2D eigenvalue weighted by atomic mass is 32.1. The fourth-order valence-electron chi connectivity index (χ4n) is 4.90. The smallest absolute Gasteiger partial charge is 0.290 e. The van der Waals surface area contributed by atoms with Crippen LogP contribution < -0.4 is 21.0 Å². The molecule has 210 valence electrons. The molecule has 0 aliphatic heterocycles. The van der Waals surface area contributed by atoms with Crippen molar-refractivity contribution < 1.29 is 14.0 Å². The van der Waals surface area contributed by atoms with E-state index in [9.17, 15) is 14.0 Å². The van der Waals surface area contributed by atoms with Gasteiger partial charge in [0.05, 0.1) is 16.8 Å². The minimum absolute atomic E-state index is 0.0734. The van der Waals surface area contributed by atoms with E-state index >= 15 is 0 Å². The molecule has 3 N–H and O–H groups in total. The molecule has 2 heterocycles. The van der Waals surface area contributed by atoms with Gasteiger partial charge in [0.1, 0.15) is 13.7 Å². The number of carbonyl (C=O) groups excluding carboxylic acids is 2. The SMILES string of the molecule is Bc1cc(F)c2sc(NC(=O)N(Cc3ccc(C(=O)Nc4nn[nH]n4)cc3)c3ccc(C4=CCCCC4)cc3)nc2c1. The molecule has 0 bridgehead atoms. The molecular formula is C29H26BFN8O2S. The van der Waals surface area contributed by atoms with E-state index < -0.39 is 6.03 Å². The second kappa shape index (κ2) is 11.9. The zero-order valence-electron chi connectivity index (χ0n) is 22.7. The number of fused-ring (bicyclic) bond motifs is 1. The molecule has 1 aliphatic rings. The number of carbonyl (C=O) groups is 2. The average molecular weight is 580 g/mol. The summed E-state index contributed by atoms with van der Waals surface area (Å²) in [6.45, 7) is 0.221. The van der Waals surface area contributed by atoms with Gasteiger partial charge in [0.2, 0.25) is 0 Å². The summed E-state index contributed by atoms with van der Waals surface area (Å²) in [5, 5.41) is 18.9. The summed E-state index contributed by atoms with van der Waals surface area (Å²) in [5.74, 6) is -0.677. The van der Waals surface area contributed by atoms with Crippen molar-refractivity contribution in [2.45, 2.75) is 32.2 Å². The Bertz CT molecular complexity index is 1770. The molecule has 0 atom stereocenters. The summed E-state index contributed by atoms with van der Waals surface area (Å²) in [7, 11) is 1.80. The number of aromatic nitrogens is 5. The fourth-order valence-corrected chi connectivity index (χ4v) is 5.75. The van der Waals surface area contributed by atoms with E-state index in [1.54, 1.807) is 43.1 Å². The number of H-pyrrole nitrogens is 1. The number of hydrogen-bond acceptors (Lipinski definition) is 7. The molecule has 10 nitrogen and oxygen atoms in total. The van der Waals surface area contributed by atoms with Crippen LogP contribution in [0.3, 0.4) is 0 Å². The first-order valence-electron chi connectivity index (χ1n) is 13.5. The van der Waals surface area contributed by atoms with Gasteiger partial charge in [0.25, 0.3) is 11.9 Å². The summed E-state index contributed by atoms with van der Waals surface area (Å²) < 4.78 is 14.9. The van der Waals surface area contributed by atoms with Crippen molar-refractivity contribution in [3.05, 3.63) is 89.2 Å². The second-order valence-corrected chi connectivity index (χ2v) is 11.0. The number of tetrazole rings is 1. The zero-order chi connectivity index (χ0) is 29.1. The van der Waals surface area contributed by atoms with Gasteiger partial charge in [-0.05, 0) is 84.0 Å². The second-order valence-electron chi connectivity index (χ2n) is 10.0. The van der Waals surface area contributed by atoms with E-state index in [0.717, 1.165) is 40.8 Å². The molecule has 6 rings (SSSR count). The maximum Gasteiger partial charge on any atom is 0.328 e. The largest absolute Gasteiger partial charge is 0.328 e. The van der Waals surface area contributed by atoms with E-state index in [0.29, 0.717) is 26.6 Å². The fraction of sp³-hybridized carbons (Fsp3) is 0.172. The lowest BCUT2D eigenvalue weighted by Crippen LogP contribution is -2.34. The molecule has 2 aromatic heterocycles. The molecule has 0 spiro atoms. The molecule has 0 saturated carbocycles. The number of benzene rings is 3. The molecule has 5 aromatic rings. The standard InChI is InChI=1S/C29H26BFN8O2S/c30-21-14-23(31)25-24(15-21)32-28(42-25)34-29(41)39(22-12-10-19(11-13-22)18-4-2-1-3-5-18)16-17-6-8-20(9-7-17)26(40)33-27-35-37-38-36-27/h4,6-15H,1-3,5,16,30H2,(H,32,34,41)(H2,33,35,36,37,38,40). The van der Waals surface area contributed by atoms with Crippen LogP contribution in [0.2, 0.25) is 0 Å². The summed E-state index contributed by atoms with van der Waals surface area (Å²) in [5.41, 5.74) is 5.61. The topological polar surface area (TPSA) is 129 Å². The van der Waals surface area contributed by atoms with Crippen molar-refractivity contribution in [1.82, 2.24) is 25.6 Å². The summed E-state index contributed by atoms with van der Waals surface area (Å²) in [6, 6.07) is 17.7. The Kier molecular flexibility index (Phi) is 7.73. The van der Waals surface area contributed by atoms with E-state index in [1.165, 1.54) is 24.5 Å². The maximum atomic E-state index is 14.5. The minimum Gasteiger partial charge on any atom is -0.290 e. The molecule has 42 heavy (non-hydrogen) atoms. The van der Waals surface area contributed by atoms with Crippen LogP contribution in [0, 0.1) is 5.82 Å². The van der Waals surface area contributed by atoms with Crippen molar-refractivity contribution in [3.8, 4) is 0 Å². The minimum atomic E-state index is -0.408. The lowest BCUT2D eigenvalue weighted by molar-refractivity contribution is 0.102. The van der Waals surface area contributed by atoms with Crippen LogP contribution >= 0.6 is 11.3 Å². The van der Waals surface area contributed by atoms with Crippen LogP contribution in [0.4, 0.5) is 26.0 Å². The number of aromatic amines is 1. The number of allylic oxidation sites excluding steroid dienone is 2. The highest BCUT2D eigenvalue weighted by Crippen LogP contribution is 2.30. The first-order chi connectivity index (χ1) is 20.4. The summed E-state index contributed by atoms with van der Waals surface area (Å²) in [6.07, 6.45) is 6.80. The molecule has 3 aromatic carbocycles. The maximum absolute atomic E-state index is 14.5. The predicted octanol–water partition coefficient (Wildman–Crippen LogP) is 4.66. The van der Waals surface area contributed by atoms with Crippen LogP contribution in [0.15, 0.2) is 66.7 Å². The zero-order valence-corrected chi connectivity index (χ0v) is 23.5. The number of nitrogens with zero attached hydrogens (tertiary/aromatic N) is 5. The quantitative estimate of drug-likeness (QED) is 0.241. The van der Waals surface area contributed by atoms with E-state index in [4.69, 9.17) is 0 Å². The molecule has 0 unspecified atom stereocenters. The van der Waals surface area contributed by atoms with Gasteiger partial charge in [-0.15, -0.1) is 5.10 Å². The normalized spacial score (nSPS) is 13.0. The lowest BCUT2D eigenvalue weighted by atomic mass is 9.93. The number of amides is 3. The molecule has 0 fully saturated rings. The monoisotopic (exact) mass is 580 g/mol. The molecule has 0 radical (unpaired) electrons. The van der Waals surface area contributed by atoms with Crippen molar-refractivity contribution in [2.75, 3.05) is 15.5 Å². The van der Waals surface area contributed by atoms with Crippen molar-refractivity contribution in [3.63, 3.8) is 0 Å². The van der Waals surface area contributed by atoms with Crippen LogP contribution in [-0.4, -0.2) is 45.4 Å². The van der Waals surface area contributed by atoms with Gasteiger partial charge in [0, 0.05) is 11.3 Å². The van der Waals surface area contributed by atoms with Crippen LogP contribution in [0.5, 0.6) is 0 Å². The van der Waals surface area contributed by atoms with Crippen LogP contribution in [0.1, 0.15) is 47.2 Å². The summed E-state index contributed by atoms with van der Waals surface area (Å²) in [4.78, 5) is 32.2. The van der Waals surface area contributed by atoms with Crippen LogP contribution in [0.25, 0.3) is 15.8 Å². The first-order valence-corrected chi connectivity index (χ1v) is 14.3. The molecular weight excluding hydrogens is 554 g/mol. The molecule has 3 amide bonds. The third-order valence-electron chi connectivity index (χ3n) is 7.02. The van der Waals surface area contributed by atoms with Crippen molar-refractivity contribution in [1.29, 1.82) is 0 Å². The van der Waals surface area contributed by atoms with Crippen LogP contribution in [-0.2, 0) is 6.54 Å². The highest BCUT2D eigenvalue weighted by Gasteiger charge is 2.20. The van der Waals surface area contributed by atoms with Gasteiger partial charge in [-0.3, -0.25) is 20.3 Å². The highest BCUT2D eigenvalue weighted by molar-refractivity contribution is 7.22.